The molecule has 0 aromatic carbocycles. The Morgan fingerprint density at radius 3 is 3.00 bits per heavy atom. The fraction of sp³-hybridized carbons (Fsp3) is 0.625. The largest absolute Gasteiger partial charge is 0.330 e. The SMILES string of the molecule is Cl.Cl.NCC1CCc2n[nH]cc2C1. The van der Waals surface area contributed by atoms with E-state index < -0.39 is 0 Å². The summed E-state index contributed by atoms with van der Waals surface area (Å²) >= 11 is 0. The zero-order valence-corrected chi connectivity index (χ0v) is 8.96. The first-order chi connectivity index (χ1) is 5.40. The molecule has 0 radical (unpaired) electrons. The second kappa shape index (κ2) is 5.47. The van der Waals surface area contributed by atoms with Gasteiger partial charge in [-0.15, -0.1) is 24.8 Å². The van der Waals surface area contributed by atoms with Gasteiger partial charge in [0.05, 0.1) is 5.69 Å². The van der Waals surface area contributed by atoms with E-state index in [0.29, 0.717) is 5.92 Å². The summed E-state index contributed by atoms with van der Waals surface area (Å²) in [5, 5.41) is 7.05. The van der Waals surface area contributed by atoms with Crippen molar-refractivity contribution in [3.8, 4) is 0 Å². The van der Waals surface area contributed by atoms with Crippen LogP contribution in [-0.4, -0.2) is 16.7 Å². The zero-order valence-electron chi connectivity index (χ0n) is 7.32. The number of rotatable bonds is 1. The van der Waals surface area contributed by atoms with Crippen LogP contribution < -0.4 is 5.73 Å². The molecule has 2 rings (SSSR count). The molecule has 0 fully saturated rings. The molecule has 0 spiro atoms. The number of hydrogen-bond acceptors (Lipinski definition) is 2. The molecule has 1 aliphatic carbocycles. The number of hydrogen-bond donors (Lipinski definition) is 2. The Morgan fingerprint density at radius 2 is 2.31 bits per heavy atom. The van der Waals surface area contributed by atoms with E-state index in [-0.39, 0.29) is 24.8 Å². The van der Waals surface area contributed by atoms with Crippen LogP contribution in [0.15, 0.2) is 6.20 Å². The summed E-state index contributed by atoms with van der Waals surface area (Å²) in [7, 11) is 0. The minimum atomic E-state index is 0. The van der Waals surface area contributed by atoms with Gasteiger partial charge in [-0.2, -0.15) is 5.10 Å². The normalized spacial score (nSPS) is 19.6. The lowest BCUT2D eigenvalue weighted by molar-refractivity contribution is 0.466. The Kier molecular flexibility index (Phi) is 5.37. The number of aryl methyl sites for hydroxylation is 1. The monoisotopic (exact) mass is 223 g/mol. The van der Waals surface area contributed by atoms with Crippen molar-refractivity contribution in [2.45, 2.75) is 19.3 Å². The highest BCUT2D eigenvalue weighted by Gasteiger charge is 2.18. The van der Waals surface area contributed by atoms with Crippen molar-refractivity contribution in [1.29, 1.82) is 0 Å². The van der Waals surface area contributed by atoms with E-state index >= 15 is 0 Å². The van der Waals surface area contributed by atoms with Crippen molar-refractivity contribution in [2.24, 2.45) is 11.7 Å². The highest BCUT2D eigenvalue weighted by Crippen LogP contribution is 2.22. The lowest BCUT2D eigenvalue weighted by Gasteiger charge is -2.18. The van der Waals surface area contributed by atoms with Gasteiger partial charge in [-0.1, -0.05) is 0 Å². The Hall–Kier alpha value is -0.250. The first kappa shape index (κ1) is 12.8. The maximum atomic E-state index is 5.60. The average molecular weight is 224 g/mol. The van der Waals surface area contributed by atoms with Crippen LogP contribution >= 0.6 is 24.8 Å². The van der Waals surface area contributed by atoms with Gasteiger partial charge < -0.3 is 5.73 Å². The molecule has 76 valence electrons. The predicted molar refractivity (Wildman–Crippen MR) is 57.7 cm³/mol. The van der Waals surface area contributed by atoms with Gasteiger partial charge in [0.25, 0.3) is 0 Å². The van der Waals surface area contributed by atoms with Gasteiger partial charge >= 0.3 is 0 Å². The molecule has 1 heterocycles. The number of nitrogens with two attached hydrogens (primary N) is 1. The summed E-state index contributed by atoms with van der Waals surface area (Å²) < 4.78 is 0. The van der Waals surface area contributed by atoms with E-state index in [1.165, 1.54) is 17.7 Å². The summed E-state index contributed by atoms with van der Waals surface area (Å²) in [6, 6.07) is 0. The van der Waals surface area contributed by atoms with Crippen molar-refractivity contribution in [3.05, 3.63) is 17.5 Å². The third kappa shape index (κ3) is 2.59. The number of aromatic nitrogens is 2. The Bertz CT molecular complexity index is 249. The van der Waals surface area contributed by atoms with Crippen LogP contribution in [0.5, 0.6) is 0 Å². The van der Waals surface area contributed by atoms with E-state index in [9.17, 15) is 0 Å². The molecule has 1 unspecified atom stereocenters. The molecule has 1 atom stereocenters. The van der Waals surface area contributed by atoms with Crippen LogP contribution in [0.25, 0.3) is 0 Å². The molecule has 0 saturated heterocycles. The molecule has 3 nitrogen and oxygen atoms in total. The standard InChI is InChI=1S/C8H13N3.2ClH/c9-4-6-1-2-8-7(3-6)5-10-11-8;;/h5-6H,1-4,9H2,(H,10,11);2*1H. The molecule has 13 heavy (non-hydrogen) atoms. The fourth-order valence-corrected chi connectivity index (χ4v) is 1.69. The molecule has 0 saturated carbocycles. The Balaban J connectivity index is 0.000000720. The average Bonchev–Trinajstić information content (AvgIpc) is 2.50. The maximum absolute atomic E-state index is 5.60. The summed E-state index contributed by atoms with van der Waals surface area (Å²) in [5.41, 5.74) is 8.21. The van der Waals surface area contributed by atoms with Gasteiger partial charge in [0.1, 0.15) is 0 Å². The van der Waals surface area contributed by atoms with Gasteiger partial charge in [0.15, 0.2) is 0 Å². The van der Waals surface area contributed by atoms with E-state index in [0.717, 1.165) is 19.4 Å². The molecule has 0 aliphatic heterocycles. The number of nitrogens with one attached hydrogen (secondary N) is 1. The van der Waals surface area contributed by atoms with Crippen LogP contribution in [0.4, 0.5) is 0 Å². The van der Waals surface area contributed by atoms with Gasteiger partial charge in [-0.3, -0.25) is 5.10 Å². The fourth-order valence-electron chi connectivity index (χ4n) is 1.69. The van der Waals surface area contributed by atoms with Gasteiger partial charge in [0, 0.05) is 6.20 Å². The Morgan fingerprint density at radius 1 is 1.54 bits per heavy atom. The minimum Gasteiger partial charge on any atom is -0.330 e. The van der Waals surface area contributed by atoms with E-state index in [4.69, 9.17) is 5.73 Å². The number of aromatic amines is 1. The quantitative estimate of drug-likeness (QED) is 0.755. The molecule has 5 heteroatoms. The summed E-state index contributed by atoms with van der Waals surface area (Å²) in [4.78, 5) is 0. The second-order valence-electron chi connectivity index (χ2n) is 3.20. The topological polar surface area (TPSA) is 54.7 Å². The van der Waals surface area contributed by atoms with Gasteiger partial charge in [-0.05, 0) is 37.3 Å². The van der Waals surface area contributed by atoms with E-state index in [2.05, 4.69) is 10.2 Å². The molecule has 0 bridgehead atoms. The predicted octanol–water partition coefficient (Wildman–Crippen LogP) is 1.32. The number of halogens is 2. The summed E-state index contributed by atoms with van der Waals surface area (Å²) in [6.45, 7) is 0.810. The zero-order chi connectivity index (χ0) is 7.68. The third-order valence-electron chi connectivity index (χ3n) is 2.44. The lowest BCUT2D eigenvalue weighted by atomic mass is 9.88. The van der Waals surface area contributed by atoms with Crippen LogP contribution in [0.3, 0.4) is 0 Å². The molecular formula is C8H15Cl2N3. The highest BCUT2D eigenvalue weighted by molar-refractivity contribution is 5.85. The van der Waals surface area contributed by atoms with Crippen LogP contribution in [0.1, 0.15) is 17.7 Å². The minimum absolute atomic E-state index is 0. The van der Waals surface area contributed by atoms with Crippen molar-refractivity contribution in [3.63, 3.8) is 0 Å². The van der Waals surface area contributed by atoms with Crippen LogP contribution in [-0.2, 0) is 12.8 Å². The van der Waals surface area contributed by atoms with Crippen LogP contribution in [0, 0.1) is 5.92 Å². The molecule has 3 N–H and O–H groups in total. The summed E-state index contributed by atoms with van der Waals surface area (Å²) in [6.07, 6.45) is 5.41. The highest BCUT2D eigenvalue weighted by atomic mass is 35.5. The first-order valence-corrected chi connectivity index (χ1v) is 4.11. The van der Waals surface area contributed by atoms with Crippen molar-refractivity contribution in [2.75, 3.05) is 6.54 Å². The first-order valence-electron chi connectivity index (χ1n) is 4.11. The number of nitrogens with zero attached hydrogens (tertiary/aromatic N) is 1. The summed E-state index contributed by atoms with van der Waals surface area (Å²) in [5.74, 6) is 0.681. The second-order valence-corrected chi connectivity index (χ2v) is 3.20. The van der Waals surface area contributed by atoms with Gasteiger partial charge in [-0.25, -0.2) is 0 Å². The molecule has 0 amide bonds. The molecule has 1 aliphatic rings. The molecule has 1 aromatic heterocycles. The Labute approximate surface area is 90.3 Å². The van der Waals surface area contributed by atoms with Crippen molar-refractivity contribution >= 4 is 24.8 Å². The van der Waals surface area contributed by atoms with E-state index in [1.54, 1.807) is 0 Å². The van der Waals surface area contributed by atoms with Crippen molar-refractivity contribution in [1.82, 2.24) is 10.2 Å². The molecular weight excluding hydrogens is 209 g/mol. The smallest absolute Gasteiger partial charge is 0.0654 e. The maximum Gasteiger partial charge on any atom is 0.0654 e. The van der Waals surface area contributed by atoms with Crippen molar-refractivity contribution < 1.29 is 0 Å². The lowest BCUT2D eigenvalue weighted by Crippen LogP contribution is -2.21. The number of H-pyrrole nitrogens is 1. The van der Waals surface area contributed by atoms with E-state index in [1.807, 2.05) is 6.20 Å². The number of fused-ring (bicyclic) bond motifs is 1. The third-order valence-corrected chi connectivity index (χ3v) is 2.44. The molecule has 1 aromatic rings. The van der Waals surface area contributed by atoms with Gasteiger partial charge in [0.2, 0.25) is 0 Å². The van der Waals surface area contributed by atoms with Crippen LogP contribution in [0.2, 0.25) is 0 Å².